The molecule has 7 heteroatoms. The highest BCUT2D eigenvalue weighted by molar-refractivity contribution is 9.11. The minimum Gasteiger partial charge on any atom is -0.496 e. The summed E-state index contributed by atoms with van der Waals surface area (Å²) in [6, 6.07) is 7.62. The summed E-state index contributed by atoms with van der Waals surface area (Å²) in [6.45, 7) is 1.94. The molecule has 2 atom stereocenters. The van der Waals surface area contributed by atoms with Crippen molar-refractivity contribution in [3.05, 3.63) is 41.9 Å². The van der Waals surface area contributed by atoms with Crippen molar-refractivity contribution in [3.8, 4) is 11.5 Å². The molecular formula is C14H14Br3NO2S. The van der Waals surface area contributed by atoms with Crippen LogP contribution in [0.5, 0.6) is 11.5 Å². The zero-order chi connectivity index (χ0) is 15.6. The second-order valence-electron chi connectivity index (χ2n) is 4.46. The predicted molar refractivity (Wildman–Crippen MR) is 97.4 cm³/mol. The van der Waals surface area contributed by atoms with Gasteiger partial charge in [-0.1, -0.05) is 0 Å². The third-order valence-corrected chi connectivity index (χ3v) is 5.74. The monoisotopic (exact) mass is 497 g/mol. The van der Waals surface area contributed by atoms with Crippen molar-refractivity contribution in [2.24, 2.45) is 5.73 Å². The minimum atomic E-state index is -0.210. The zero-order valence-corrected chi connectivity index (χ0v) is 17.0. The van der Waals surface area contributed by atoms with Crippen molar-refractivity contribution >= 4 is 59.1 Å². The van der Waals surface area contributed by atoms with Gasteiger partial charge in [0, 0.05) is 10.9 Å². The van der Waals surface area contributed by atoms with Crippen LogP contribution in [0, 0.1) is 0 Å². The fourth-order valence-corrected chi connectivity index (χ4v) is 4.27. The highest BCUT2D eigenvalue weighted by Gasteiger charge is 2.22. The van der Waals surface area contributed by atoms with Gasteiger partial charge in [0.05, 0.1) is 19.8 Å². The number of nitrogens with two attached hydrogens (primary N) is 1. The Kier molecular flexibility index (Phi) is 6.14. The predicted octanol–water partition coefficient (Wildman–Crippen LogP) is 5.51. The lowest BCUT2D eigenvalue weighted by atomic mass is 10.1. The fraction of sp³-hybridized carbons (Fsp3) is 0.286. The number of methoxy groups -OCH3 is 1. The van der Waals surface area contributed by atoms with Crippen LogP contribution in [0.2, 0.25) is 0 Å². The summed E-state index contributed by atoms with van der Waals surface area (Å²) in [4.78, 5) is 1.08. The van der Waals surface area contributed by atoms with Gasteiger partial charge in [-0.2, -0.15) is 0 Å². The summed E-state index contributed by atoms with van der Waals surface area (Å²) in [7, 11) is 1.63. The molecule has 0 fully saturated rings. The van der Waals surface area contributed by atoms with E-state index in [9.17, 15) is 0 Å². The van der Waals surface area contributed by atoms with Gasteiger partial charge >= 0.3 is 0 Å². The van der Waals surface area contributed by atoms with Gasteiger partial charge in [0.1, 0.15) is 17.6 Å². The molecule has 0 radical (unpaired) electrons. The average molecular weight is 500 g/mol. The number of rotatable bonds is 5. The van der Waals surface area contributed by atoms with E-state index in [0.717, 1.165) is 29.1 Å². The number of thiophene rings is 1. The van der Waals surface area contributed by atoms with Crippen LogP contribution in [0.25, 0.3) is 0 Å². The molecule has 114 valence electrons. The standard InChI is InChI=1S/C14H14Br3NO2S/c1-7(18)14(12-3-4-13(17)21-12)20-11-6-8(15)10(19-2)5-9(11)16/h3-7,14H,18H2,1-2H3. The number of halogens is 3. The Morgan fingerprint density at radius 3 is 2.24 bits per heavy atom. The summed E-state index contributed by atoms with van der Waals surface area (Å²) in [5.41, 5.74) is 6.08. The molecule has 1 aromatic carbocycles. The van der Waals surface area contributed by atoms with Crippen LogP contribution in [0.15, 0.2) is 37.0 Å². The Morgan fingerprint density at radius 2 is 1.71 bits per heavy atom. The molecule has 2 unspecified atom stereocenters. The van der Waals surface area contributed by atoms with Crippen LogP contribution in [0.1, 0.15) is 17.9 Å². The van der Waals surface area contributed by atoms with Gasteiger partial charge in [0.25, 0.3) is 0 Å². The molecule has 2 N–H and O–H groups in total. The summed E-state index contributed by atoms with van der Waals surface area (Å²) in [5.74, 6) is 1.46. The molecule has 0 saturated carbocycles. The molecule has 2 aromatic rings. The lowest BCUT2D eigenvalue weighted by Gasteiger charge is -2.22. The van der Waals surface area contributed by atoms with E-state index in [-0.39, 0.29) is 12.1 Å². The molecule has 2 rings (SSSR count). The van der Waals surface area contributed by atoms with Crippen molar-refractivity contribution in [1.29, 1.82) is 0 Å². The summed E-state index contributed by atoms with van der Waals surface area (Å²) in [6.07, 6.45) is -0.210. The Hall–Kier alpha value is -0.0800. The molecule has 0 spiro atoms. The molecular weight excluding hydrogens is 486 g/mol. The first kappa shape index (κ1) is 17.3. The Balaban J connectivity index is 2.31. The number of hydrogen-bond donors (Lipinski definition) is 1. The molecule has 1 aromatic heterocycles. The number of ether oxygens (including phenoxy) is 2. The van der Waals surface area contributed by atoms with Gasteiger partial charge in [-0.05, 0) is 79.0 Å². The third-order valence-electron chi connectivity index (χ3n) is 2.81. The molecule has 3 nitrogen and oxygen atoms in total. The van der Waals surface area contributed by atoms with Gasteiger partial charge in [0.15, 0.2) is 0 Å². The Bertz CT molecular complexity index is 631. The average Bonchev–Trinajstić information content (AvgIpc) is 2.85. The van der Waals surface area contributed by atoms with E-state index in [1.807, 2.05) is 31.2 Å². The van der Waals surface area contributed by atoms with E-state index in [4.69, 9.17) is 15.2 Å². The topological polar surface area (TPSA) is 44.5 Å². The molecule has 0 aliphatic heterocycles. The SMILES string of the molecule is COc1cc(Br)c(OC(c2ccc(Br)s2)C(C)N)cc1Br. The number of hydrogen-bond acceptors (Lipinski definition) is 4. The maximum absolute atomic E-state index is 6.12. The molecule has 0 aliphatic carbocycles. The van der Waals surface area contributed by atoms with E-state index < -0.39 is 0 Å². The molecule has 0 saturated heterocycles. The second-order valence-corrected chi connectivity index (χ2v) is 8.66. The normalized spacial score (nSPS) is 13.8. The van der Waals surface area contributed by atoms with Crippen molar-refractivity contribution in [3.63, 3.8) is 0 Å². The van der Waals surface area contributed by atoms with E-state index in [1.54, 1.807) is 18.4 Å². The molecule has 1 heterocycles. The molecule has 21 heavy (non-hydrogen) atoms. The van der Waals surface area contributed by atoms with Crippen molar-refractivity contribution in [2.75, 3.05) is 7.11 Å². The molecule has 0 bridgehead atoms. The molecule has 0 amide bonds. The van der Waals surface area contributed by atoms with Crippen LogP contribution < -0.4 is 15.2 Å². The highest BCUT2D eigenvalue weighted by Crippen LogP contribution is 2.39. The van der Waals surface area contributed by atoms with Gasteiger partial charge in [-0.3, -0.25) is 0 Å². The van der Waals surface area contributed by atoms with Crippen molar-refractivity contribution in [1.82, 2.24) is 0 Å². The fourth-order valence-electron chi connectivity index (χ4n) is 1.80. The highest BCUT2D eigenvalue weighted by atomic mass is 79.9. The van der Waals surface area contributed by atoms with E-state index in [1.165, 1.54) is 0 Å². The largest absolute Gasteiger partial charge is 0.496 e. The zero-order valence-electron chi connectivity index (χ0n) is 11.4. The first-order valence-electron chi connectivity index (χ1n) is 6.13. The number of benzene rings is 1. The second kappa shape index (κ2) is 7.46. The summed E-state index contributed by atoms with van der Waals surface area (Å²) >= 11 is 12.1. The smallest absolute Gasteiger partial charge is 0.148 e. The van der Waals surface area contributed by atoms with Crippen molar-refractivity contribution < 1.29 is 9.47 Å². The van der Waals surface area contributed by atoms with Crippen LogP contribution in [0.4, 0.5) is 0 Å². The Morgan fingerprint density at radius 1 is 1.10 bits per heavy atom. The summed E-state index contributed by atoms with van der Waals surface area (Å²) in [5, 5.41) is 0. The Labute approximate surface area is 153 Å². The maximum Gasteiger partial charge on any atom is 0.148 e. The van der Waals surface area contributed by atoms with E-state index in [2.05, 4.69) is 47.8 Å². The van der Waals surface area contributed by atoms with Gasteiger partial charge < -0.3 is 15.2 Å². The van der Waals surface area contributed by atoms with Crippen LogP contribution in [0.3, 0.4) is 0 Å². The van der Waals surface area contributed by atoms with Crippen LogP contribution in [-0.2, 0) is 0 Å². The first-order chi connectivity index (χ1) is 9.92. The summed E-state index contributed by atoms with van der Waals surface area (Å²) < 4.78 is 14.1. The van der Waals surface area contributed by atoms with Gasteiger partial charge in [-0.25, -0.2) is 0 Å². The first-order valence-corrected chi connectivity index (χ1v) is 9.32. The van der Waals surface area contributed by atoms with Gasteiger partial charge in [0.2, 0.25) is 0 Å². The minimum absolute atomic E-state index is 0.136. The van der Waals surface area contributed by atoms with Crippen molar-refractivity contribution in [2.45, 2.75) is 19.1 Å². The lowest BCUT2D eigenvalue weighted by Crippen LogP contribution is -2.28. The van der Waals surface area contributed by atoms with E-state index >= 15 is 0 Å². The lowest BCUT2D eigenvalue weighted by molar-refractivity contribution is 0.182. The molecule has 0 aliphatic rings. The van der Waals surface area contributed by atoms with E-state index in [0.29, 0.717) is 0 Å². The quantitative estimate of drug-likeness (QED) is 0.590. The third kappa shape index (κ3) is 4.22. The van der Waals surface area contributed by atoms with Crippen LogP contribution in [-0.4, -0.2) is 13.2 Å². The maximum atomic E-state index is 6.12. The van der Waals surface area contributed by atoms with Gasteiger partial charge in [-0.15, -0.1) is 11.3 Å². The van der Waals surface area contributed by atoms with Crippen LogP contribution >= 0.6 is 59.1 Å².